The summed E-state index contributed by atoms with van der Waals surface area (Å²) < 4.78 is 1.13. The molecule has 2 N–H and O–H groups in total. The number of fused-ring (bicyclic) bond motifs is 1. The number of nitrogens with two attached hydrogens (primary N) is 1. The summed E-state index contributed by atoms with van der Waals surface area (Å²) in [7, 11) is 0. The molecule has 0 saturated heterocycles. The fourth-order valence-corrected chi connectivity index (χ4v) is 4.43. The van der Waals surface area contributed by atoms with Crippen molar-refractivity contribution < 1.29 is 0 Å². The second kappa shape index (κ2) is 4.34. The maximum Gasteiger partial charge on any atom is 0.0933 e. The van der Waals surface area contributed by atoms with Crippen molar-refractivity contribution in [2.24, 2.45) is 11.3 Å². The van der Waals surface area contributed by atoms with Gasteiger partial charge >= 0.3 is 0 Å². The van der Waals surface area contributed by atoms with Crippen LogP contribution in [0.4, 0.5) is 5.69 Å². The molecule has 1 aliphatic carbocycles. The maximum atomic E-state index is 6.07. The van der Waals surface area contributed by atoms with Gasteiger partial charge in [0.25, 0.3) is 0 Å². The van der Waals surface area contributed by atoms with Crippen LogP contribution >= 0.6 is 27.3 Å². The van der Waals surface area contributed by atoms with Crippen LogP contribution in [0.5, 0.6) is 0 Å². The van der Waals surface area contributed by atoms with Crippen molar-refractivity contribution in [2.45, 2.75) is 46.5 Å². The van der Waals surface area contributed by atoms with Crippen molar-refractivity contribution in [1.29, 1.82) is 0 Å². The molecular weight excluding hydrogens is 282 g/mol. The first-order valence-corrected chi connectivity index (χ1v) is 7.62. The van der Waals surface area contributed by atoms with E-state index in [2.05, 4.69) is 36.7 Å². The second-order valence-electron chi connectivity index (χ2n) is 5.47. The van der Waals surface area contributed by atoms with Gasteiger partial charge in [-0.15, -0.1) is 11.3 Å². The number of rotatable bonds is 2. The van der Waals surface area contributed by atoms with E-state index >= 15 is 0 Å². The number of anilines is 1. The molecule has 0 aromatic carbocycles. The number of nitrogen functional groups attached to an aromatic ring is 1. The van der Waals surface area contributed by atoms with Crippen molar-refractivity contribution >= 4 is 33.0 Å². The topological polar surface area (TPSA) is 26.0 Å². The summed E-state index contributed by atoms with van der Waals surface area (Å²) in [6.45, 7) is 7.09. The van der Waals surface area contributed by atoms with Gasteiger partial charge in [-0.2, -0.15) is 0 Å². The Morgan fingerprint density at radius 1 is 1.50 bits per heavy atom. The van der Waals surface area contributed by atoms with Crippen LogP contribution in [0.15, 0.2) is 3.79 Å². The molecule has 1 atom stereocenters. The Balaban J connectivity index is 2.25. The Labute approximate surface area is 111 Å². The lowest BCUT2D eigenvalue weighted by Crippen LogP contribution is -2.28. The number of hydrogen-bond donors (Lipinski definition) is 1. The highest BCUT2D eigenvalue weighted by Crippen LogP contribution is 2.46. The van der Waals surface area contributed by atoms with Gasteiger partial charge in [0.05, 0.1) is 9.47 Å². The summed E-state index contributed by atoms with van der Waals surface area (Å²) in [5.41, 5.74) is 8.95. The normalized spacial score (nSPS) is 20.9. The molecule has 16 heavy (non-hydrogen) atoms. The monoisotopic (exact) mass is 301 g/mol. The van der Waals surface area contributed by atoms with Crippen molar-refractivity contribution in [2.75, 3.05) is 5.73 Å². The van der Waals surface area contributed by atoms with Crippen molar-refractivity contribution in [3.8, 4) is 0 Å². The fourth-order valence-electron chi connectivity index (χ4n) is 2.53. The highest BCUT2D eigenvalue weighted by molar-refractivity contribution is 9.11. The Hall–Kier alpha value is -0.0200. The summed E-state index contributed by atoms with van der Waals surface area (Å²) in [5.74, 6) is 0.815. The van der Waals surface area contributed by atoms with Crippen LogP contribution < -0.4 is 5.73 Å². The molecule has 0 amide bonds. The number of thiophene rings is 1. The molecule has 0 bridgehead atoms. The third kappa shape index (κ3) is 2.04. The molecule has 1 aliphatic rings. The third-order valence-electron chi connectivity index (χ3n) is 4.28. The third-order valence-corrected chi connectivity index (χ3v) is 6.25. The molecule has 0 aliphatic heterocycles. The van der Waals surface area contributed by atoms with Gasteiger partial charge < -0.3 is 5.73 Å². The molecule has 0 spiro atoms. The summed E-state index contributed by atoms with van der Waals surface area (Å²) in [5, 5.41) is 0. The predicted molar refractivity (Wildman–Crippen MR) is 76.0 cm³/mol. The summed E-state index contributed by atoms with van der Waals surface area (Å²) in [4.78, 5) is 1.52. The van der Waals surface area contributed by atoms with E-state index in [-0.39, 0.29) is 0 Å². The Bertz CT molecular complexity index is 395. The molecule has 3 heteroatoms. The Morgan fingerprint density at radius 3 is 2.81 bits per heavy atom. The van der Waals surface area contributed by atoms with E-state index in [0.29, 0.717) is 5.41 Å². The van der Waals surface area contributed by atoms with Crippen LogP contribution in [0.2, 0.25) is 0 Å². The van der Waals surface area contributed by atoms with Crippen LogP contribution in [-0.4, -0.2) is 0 Å². The zero-order valence-electron chi connectivity index (χ0n) is 10.3. The van der Waals surface area contributed by atoms with Crippen molar-refractivity contribution in [3.05, 3.63) is 14.2 Å². The molecular formula is C13H20BrNS. The first-order valence-electron chi connectivity index (χ1n) is 6.01. The molecule has 1 nitrogen and oxygen atoms in total. The summed E-state index contributed by atoms with van der Waals surface area (Å²) in [6.07, 6.45) is 4.93. The zero-order chi connectivity index (χ0) is 11.9. The Kier molecular flexibility index (Phi) is 3.37. The van der Waals surface area contributed by atoms with Gasteiger partial charge in [0.2, 0.25) is 0 Å². The van der Waals surface area contributed by atoms with Gasteiger partial charge in [-0.05, 0) is 52.1 Å². The second-order valence-corrected chi connectivity index (χ2v) is 7.90. The van der Waals surface area contributed by atoms with Gasteiger partial charge in [-0.1, -0.05) is 27.2 Å². The first kappa shape index (κ1) is 12.4. The predicted octanol–water partition coefficient (Wildman–Crippen LogP) is 4.63. The van der Waals surface area contributed by atoms with E-state index in [9.17, 15) is 0 Å². The molecule has 1 aromatic heterocycles. The van der Waals surface area contributed by atoms with Gasteiger partial charge in [0.15, 0.2) is 0 Å². The maximum absolute atomic E-state index is 6.07. The zero-order valence-corrected chi connectivity index (χ0v) is 12.7. The lowest BCUT2D eigenvalue weighted by Gasteiger charge is -2.36. The average Bonchev–Trinajstić information content (AvgIpc) is 2.54. The van der Waals surface area contributed by atoms with Crippen molar-refractivity contribution in [3.63, 3.8) is 0 Å². The highest BCUT2D eigenvalue weighted by Gasteiger charge is 2.32. The average molecular weight is 302 g/mol. The van der Waals surface area contributed by atoms with E-state index in [1.165, 1.54) is 29.7 Å². The van der Waals surface area contributed by atoms with Crippen LogP contribution in [0, 0.1) is 11.3 Å². The molecule has 1 aromatic rings. The molecule has 0 radical (unpaired) electrons. The van der Waals surface area contributed by atoms with E-state index in [4.69, 9.17) is 5.73 Å². The number of hydrogen-bond acceptors (Lipinski definition) is 2. The molecule has 1 unspecified atom stereocenters. The van der Waals surface area contributed by atoms with E-state index in [0.717, 1.165) is 21.8 Å². The van der Waals surface area contributed by atoms with E-state index in [1.807, 2.05) is 11.3 Å². The molecule has 1 heterocycles. The molecule has 0 fully saturated rings. The quantitative estimate of drug-likeness (QED) is 0.846. The van der Waals surface area contributed by atoms with Gasteiger partial charge in [0.1, 0.15) is 0 Å². The van der Waals surface area contributed by atoms with Gasteiger partial charge in [0, 0.05) is 4.88 Å². The van der Waals surface area contributed by atoms with Crippen LogP contribution in [0.1, 0.15) is 44.1 Å². The van der Waals surface area contributed by atoms with Gasteiger partial charge in [-0.3, -0.25) is 0 Å². The fraction of sp³-hybridized carbons (Fsp3) is 0.692. The molecule has 0 saturated carbocycles. The van der Waals surface area contributed by atoms with Crippen LogP contribution in [-0.2, 0) is 12.8 Å². The molecule has 2 rings (SSSR count). The minimum absolute atomic E-state index is 0.461. The lowest BCUT2D eigenvalue weighted by atomic mass is 9.70. The van der Waals surface area contributed by atoms with Crippen LogP contribution in [0.3, 0.4) is 0 Å². The first-order chi connectivity index (χ1) is 7.45. The summed E-state index contributed by atoms with van der Waals surface area (Å²) >= 11 is 5.40. The lowest BCUT2D eigenvalue weighted by molar-refractivity contribution is 0.184. The number of halogens is 1. The minimum atomic E-state index is 0.461. The molecule has 90 valence electrons. The SMILES string of the molecule is CCC(C)(C)C1CCc2c(sc(Br)c2N)C1. The van der Waals surface area contributed by atoms with E-state index < -0.39 is 0 Å². The summed E-state index contributed by atoms with van der Waals surface area (Å²) in [6, 6.07) is 0. The van der Waals surface area contributed by atoms with Gasteiger partial charge in [-0.25, -0.2) is 0 Å². The smallest absolute Gasteiger partial charge is 0.0933 e. The Morgan fingerprint density at radius 2 is 2.19 bits per heavy atom. The van der Waals surface area contributed by atoms with Crippen LogP contribution in [0.25, 0.3) is 0 Å². The highest BCUT2D eigenvalue weighted by atomic mass is 79.9. The van der Waals surface area contributed by atoms with Crippen molar-refractivity contribution in [1.82, 2.24) is 0 Å². The van der Waals surface area contributed by atoms with E-state index in [1.54, 1.807) is 0 Å². The largest absolute Gasteiger partial charge is 0.397 e. The standard InChI is InChI=1S/C13H20BrNS/c1-4-13(2,3)8-5-6-9-10(7-8)16-12(14)11(9)15/h8H,4-7,15H2,1-3H3. The minimum Gasteiger partial charge on any atom is -0.397 e.